The predicted octanol–water partition coefficient (Wildman–Crippen LogP) is 3.58. The van der Waals surface area contributed by atoms with Gasteiger partial charge in [0.1, 0.15) is 11.5 Å². The van der Waals surface area contributed by atoms with Crippen molar-refractivity contribution in [2.45, 2.75) is 20.8 Å². The summed E-state index contributed by atoms with van der Waals surface area (Å²) in [5, 5.41) is 10.7. The molecule has 3 rings (SSSR count). The second-order valence-electron chi connectivity index (χ2n) is 5.61. The predicted molar refractivity (Wildman–Crippen MR) is 89.9 cm³/mol. The fraction of sp³-hybridized carbons (Fsp3) is 0.167. The molecule has 0 unspecified atom stereocenters. The quantitative estimate of drug-likeness (QED) is 0.801. The number of nitrogens with one attached hydrogen (secondary N) is 1. The monoisotopic (exact) mass is 324 g/mol. The van der Waals surface area contributed by atoms with Crippen molar-refractivity contribution in [1.29, 1.82) is 0 Å². The molecule has 0 aliphatic heterocycles. The van der Waals surface area contributed by atoms with E-state index in [2.05, 4.69) is 15.6 Å². The van der Waals surface area contributed by atoms with Crippen LogP contribution < -0.4 is 5.32 Å². The van der Waals surface area contributed by atoms with E-state index in [9.17, 15) is 9.18 Å². The van der Waals surface area contributed by atoms with E-state index >= 15 is 0 Å². The third-order valence-corrected chi connectivity index (χ3v) is 3.91. The number of nitrogens with zero attached hydrogens (tertiary/aromatic N) is 3. The summed E-state index contributed by atoms with van der Waals surface area (Å²) in [5.74, 6) is -0.792. The van der Waals surface area contributed by atoms with Gasteiger partial charge < -0.3 is 5.32 Å². The van der Waals surface area contributed by atoms with Crippen LogP contribution in [0.5, 0.6) is 0 Å². The minimum atomic E-state index is -0.424. The molecule has 6 heteroatoms. The normalized spacial score (nSPS) is 10.7. The fourth-order valence-electron chi connectivity index (χ4n) is 2.58. The molecular formula is C18H17FN4O. The number of hydrogen-bond donors (Lipinski definition) is 1. The number of aryl methyl sites for hydroxylation is 2. The first-order valence-electron chi connectivity index (χ1n) is 7.54. The standard InChI is InChI=1S/C18H17FN4O/c1-11-7-6-8-12(2)16(11)20-18(24)17-13(3)23(22-21-17)15-10-5-4-9-14(15)19/h4-10H,1-3H3,(H,20,24). The lowest BCUT2D eigenvalue weighted by molar-refractivity contribution is 0.102. The zero-order valence-corrected chi connectivity index (χ0v) is 13.7. The van der Waals surface area contributed by atoms with Crippen molar-refractivity contribution in [3.05, 3.63) is 70.8 Å². The van der Waals surface area contributed by atoms with Crippen molar-refractivity contribution < 1.29 is 9.18 Å². The minimum absolute atomic E-state index is 0.168. The summed E-state index contributed by atoms with van der Waals surface area (Å²) in [5.41, 5.74) is 3.57. The van der Waals surface area contributed by atoms with Gasteiger partial charge in [0.15, 0.2) is 5.69 Å². The van der Waals surface area contributed by atoms with Crippen molar-refractivity contribution in [2.75, 3.05) is 5.32 Å². The lowest BCUT2D eigenvalue weighted by atomic mass is 10.1. The summed E-state index contributed by atoms with van der Waals surface area (Å²) in [6.45, 7) is 5.53. The smallest absolute Gasteiger partial charge is 0.278 e. The van der Waals surface area contributed by atoms with E-state index in [1.165, 1.54) is 10.7 Å². The third-order valence-electron chi connectivity index (χ3n) is 3.91. The largest absolute Gasteiger partial charge is 0.320 e. The van der Waals surface area contributed by atoms with Gasteiger partial charge in [-0.1, -0.05) is 35.5 Å². The third kappa shape index (κ3) is 2.78. The van der Waals surface area contributed by atoms with E-state index in [0.717, 1.165) is 16.8 Å². The Bertz CT molecular complexity index is 897. The first-order valence-corrected chi connectivity index (χ1v) is 7.54. The van der Waals surface area contributed by atoms with Crippen LogP contribution >= 0.6 is 0 Å². The number of para-hydroxylation sites is 2. The highest BCUT2D eigenvalue weighted by Crippen LogP contribution is 2.21. The SMILES string of the molecule is Cc1cccc(C)c1NC(=O)c1nnn(-c2ccccc2F)c1C. The van der Waals surface area contributed by atoms with Gasteiger partial charge in [0.25, 0.3) is 5.91 Å². The number of carbonyl (C=O) groups is 1. The van der Waals surface area contributed by atoms with Crippen molar-refractivity contribution in [3.8, 4) is 5.69 Å². The average Bonchev–Trinajstić information content (AvgIpc) is 2.93. The summed E-state index contributed by atoms with van der Waals surface area (Å²) in [7, 11) is 0. The Morgan fingerprint density at radius 1 is 1.04 bits per heavy atom. The molecule has 0 saturated carbocycles. The van der Waals surface area contributed by atoms with Gasteiger partial charge in [0.05, 0.1) is 5.69 Å². The Balaban J connectivity index is 1.94. The Kier molecular flexibility index (Phi) is 4.12. The molecule has 0 radical (unpaired) electrons. The van der Waals surface area contributed by atoms with E-state index in [1.54, 1.807) is 25.1 Å². The summed E-state index contributed by atoms with van der Waals surface area (Å²) in [6, 6.07) is 12.0. The van der Waals surface area contributed by atoms with Crippen LogP contribution in [0.4, 0.5) is 10.1 Å². The second-order valence-corrected chi connectivity index (χ2v) is 5.61. The second kappa shape index (κ2) is 6.23. The summed E-state index contributed by atoms with van der Waals surface area (Å²) < 4.78 is 15.3. The van der Waals surface area contributed by atoms with Gasteiger partial charge in [-0.2, -0.15) is 0 Å². The first-order chi connectivity index (χ1) is 11.5. The lowest BCUT2D eigenvalue weighted by Gasteiger charge is -2.10. The molecule has 3 aromatic rings. The molecule has 0 fully saturated rings. The van der Waals surface area contributed by atoms with Crippen LogP contribution in [-0.4, -0.2) is 20.9 Å². The molecule has 0 spiro atoms. The number of amides is 1. The van der Waals surface area contributed by atoms with Crippen LogP contribution in [0.3, 0.4) is 0 Å². The number of aromatic nitrogens is 3. The number of hydrogen-bond acceptors (Lipinski definition) is 3. The summed E-state index contributed by atoms with van der Waals surface area (Å²) in [4.78, 5) is 12.5. The van der Waals surface area contributed by atoms with Crippen molar-refractivity contribution in [3.63, 3.8) is 0 Å². The topological polar surface area (TPSA) is 59.8 Å². The van der Waals surface area contributed by atoms with Crippen LogP contribution in [0.25, 0.3) is 5.69 Å². The van der Waals surface area contributed by atoms with Gasteiger partial charge in [-0.3, -0.25) is 4.79 Å². The van der Waals surface area contributed by atoms with Gasteiger partial charge in [-0.05, 0) is 44.0 Å². The molecule has 2 aromatic carbocycles. The van der Waals surface area contributed by atoms with Gasteiger partial charge in [0.2, 0.25) is 0 Å². The Hall–Kier alpha value is -3.02. The van der Waals surface area contributed by atoms with E-state index in [4.69, 9.17) is 0 Å². The molecule has 0 aliphatic rings. The number of benzene rings is 2. The van der Waals surface area contributed by atoms with Gasteiger partial charge in [0, 0.05) is 5.69 Å². The first kappa shape index (κ1) is 15.9. The molecule has 1 aromatic heterocycles. The van der Waals surface area contributed by atoms with E-state index in [0.29, 0.717) is 5.69 Å². The van der Waals surface area contributed by atoms with Crippen LogP contribution in [0.1, 0.15) is 27.3 Å². The molecule has 5 nitrogen and oxygen atoms in total. The lowest BCUT2D eigenvalue weighted by Crippen LogP contribution is -2.16. The van der Waals surface area contributed by atoms with Crippen LogP contribution in [-0.2, 0) is 0 Å². The highest BCUT2D eigenvalue weighted by atomic mass is 19.1. The fourth-order valence-corrected chi connectivity index (χ4v) is 2.58. The zero-order valence-electron chi connectivity index (χ0n) is 13.7. The average molecular weight is 324 g/mol. The number of rotatable bonds is 3. The maximum Gasteiger partial charge on any atom is 0.278 e. The number of halogens is 1. The van der Waals surface area contributed by atoms with Crippen molar-refractivity contribution >= 4 is 11.6 Å². The zero-order chi connectivity index (χ0) is 17.3. The van der Waals surface area contributed by atoms with E-state index in [-0.39, 0.29) is 17.3 Å². The van der Waals surface area contributed by atoms with Gasteiger partial charge >= 0.3 is 0 Å². The Labute approximate surface area is 139 Å². The molecule has 0 atom stereocenters. The van der Waals surface area contributed by atoms with Crippen LogP contribution in [0.15, 0.2) is 42.5 Å². The molecular weight excluding hydrogens is 307 g/mol. The highest BCUT2D eigenvalue weighted by Gasteiger charge is 2.19. The summed E-state index contributed by atoms with van der Waals surface area (Å²) >= 11 is 0. The molecule has 0 aliphatic carbocycles. The molecule has 24 heavy (non-hydrogen) atoms. The van der Waals surface area contributed by atoms with E-state index < -0.39 is 5.82 Å². The molecule has 0 bridgehead atoms. The number of anilines is 1. The van der Waals surface area contributed by atoms with Crippen molar-refractivity contribution in [2.24, 2.45) is 0 Å². The molecule has 0 saturated heterocycles. The van der Waals surface area contributed by atoms with Crippen LogP contribution in [0, 0.1) is 26.6 Å². The Morgan fingerprint density at radius 2 is 1.71 bits per heavy atom. The van der Waals surface area contributed by atoms with Gasteiger partial charge in [-0.25, -0.2) is 9.07 Å². The maximum atomic E-state index is 13.9. The Morgan fingerprint density at radius 3 is 2.38 bits per heavy atom. The highest BCUT2D eigenvalue weighted by molar-refractivity contribution is 6.04. The molecule has 1 amide bonds. The van der Waals surface area contributed by atoms with Crippen molar-refractivity contribution in [1.82, 2.24) is 15.0 Å². The molecule has 1 heterocycles. The van der Waals surface area contributed by atoms with Crippen LogP contribution in [0.2, 0.25) is 0 Å². The molecule has 1 N–H and O–H groups in total. The maximum absolute atomic E-state index is 13.9. The minimum Gasteiger partial charge on any atom is -0.320 e. The molecule has 122 valence electrons. The van der Waals surface area contributed by atoms with Gasteiger partial charge in [-0.15, -0.1) is 5.10 Å². The van der Waals surface area contributed by atoms with E-state index in [1.807, 2.05) is 32.0 Å². The summed E-state index contributed by atoms with van der Waals surface area (Å²) in [6.07, 6.45) is 0. The number of carbonyl (C=O) groups excluding carboxylic acids is 1.